The Bertz CT molecular complexity index is 220. The van der Waals surface area contributed by atoms with Gasteiger partial charge in [0.1, 0.15) is 0 Å². The summed E-state index contributed by atoms with van der Waals surface area (Å²) in [7, 11) is 0. The van der Waals surface area contributed by atoms with Gasteiger partial charge < -0.3 is 5.73 Å². The van der Waals surface area contributed by atoms with Gasteiger partial charge in [0.05, 0.1) is 4.21 Å². The first-order chi connectivity index (χ1) is 5.86. The molecule has 12 heavy (non-hydrogen) atoms. The van der Waals surface area contributed by atoms with Gasteiger partial charge in [-0.2, -0.15) is 0 Å². The van der Waals surface area contributed by atoms with Gasteiger partial charge in [0.2, 0.25) is 0 Å². The number of nitrogens with two attached hydrogens (primary N) is 1. The minimum atomic E-state index is 0.762. The van der Waals surface area contributed by atoms with Crippen molar-refractivity contribution in [2.75, 3.05) is 12.3 Å². The van der Waals surface area contributed by atoms with E-state index in [0.29, 0.717) is 0 Å². The zero-order valence-corrected chi connectivity index (χ0v) is 9.01. The number of hydrogen-bond donors (Lipinski definition) is 1. The van der Waals surface area contributed by atoms with Gasteiger partial charge in [0.15, 0.2) is 0 Å². The first-order valence-corrected chi connectivity index (χ1v) is 6.08. The van der Waals surface area contributed by atoms with Crippen molar-refractivity contribution in [2.45, 2.75) is 24.0 Å². The summed E-state index contributed by atoms with van der Waals surface area (Å²) in [6.45, 7) is 2.97. The van der Waals surface area contributed by atoms with Crippen LogP contribution in [-0.2, 0) is 6.42 Å². The summed E-state index contributed by atoms with van der Waals surface area (Å²) in [4.78, 5) is 1.41. The molecule has 68 valence electrons. The molecule has 0 spiro atoms. The van der Waals surface area contributed by atoms with Gasteiger partial charge in [-0.05, 0) is 37.3 Å². The molecule has 0 aliphatic rings. The van der Waals surface area contributed by atoms with Crippen molar-refractivity contribution in [3.05, 3.63) is 17.0 Å². The van der Waals surface area contributed by atoms with Crippen LogP contribution in [0.2, 0.25) is 0 Å². The van der Waals surface area contributed by atoms with Crippen molar-refractivity contribution >= 4 is 23.1 Å². The van der Waals surface area contributed by atoms with Crippen LogP contribution in [-0.4, -0.2) is 12.3 Å². The molecule has 0 saturated carbocycles. The van der Waals surface area contributed by atoms with Crippen LogP contribution in [0.15, 0.2) is 16.3 Å². The normalized spacial score (nSPS) is 10.5. The minimum Gasteiger partial charge on any atom is -0.330 e. The maximum atomic E-state index is 5.47. The molecule has 0 amide bonds. The summed E-state index contributed by atoms with van der Waals surface area (Å²) < 4.78 is 1.43. The molecule has 3 heteroatoms. The van der Waals surface area contributed by atoms with Gasteiger partial charge in [-0.1, -0.05) is 6.92 Å². The summed E-state index contributed by atoms with van der Waals surface area (Å²) in [6.07, 6.45) is 2.27. The standard InChI is InChI=1S/C9H15NS2/c1-2-7-11-9-4-3-8(12-9)5-6-10/h3-4H,2,5-7,10H2,1H3. The molecule has 0 fully saturated rings. The smallest absolute Gasteiger partial charge is 0.0601 e. The molecule has 1 aromatic rings. The van der Waals surface area contributed by atoms with E-state index in [1.54, 1.807) is 0 Å². The molecule has 0 unspecified atom stereocenters. The zero-order chi connectivity index (χ0) is 8.81. The topological polar surface area (TPSA) is 26.0 Å². The third-order valence-corrected chi connectivity index (χ3v) is 4.05. The van der Waals surface area contributed by atoms with Crippen LogP contribution in [0.4, 0.5) is 0 Å². The second-order valence-corrected chi connectivity index (χ2v) is 5.17. The average molecular weight is 201 g/mol. The van der Waals surface area contributed by atoms with Crippen LogP contribution in [0.5, 0.6) is 0 Å². The van der Waals surface area contributed by atoms with E-state index >= 15 is 0 Å². The third kappa shape index (κ3) is 3.17. The fourth-order valence-electron chi connectivity index (χ4n) is 0.915. The van der Waals surface area contributed by atoms with E-state index in [-0.39, 0.29) is 0 Å². The Morgan fingerprint density at radius 3 is 3.00 bits per heavy atom. The highest BCUT2D eigenvalue weighted by molar-refractivity contribution is 8.01. The summed E-state index contributed by atoms with van der Waals surface area (Å²) in [5.41, 5.74) is 5.47. The lowest BCUT2D eigenvalue weighted by Crippen LogP contribution is -2.00. The lowest BCUT2D eigenvalue weighted by atomic mass is 10.3. The van der Waals surface area contributed by atoms with Crippen molar-refractivity contribution in [1.29, 1.82) is 0 Å². The largest absolute Gasteiger partial charge is 0.330 e. The summed E-state index contributed by atoms with van der Waals surface area (Å²) in [5.74, 6) is 1.22. The summed E-state index contributed by atoms with van der Waals surface area (Å²) in [5, 5.41) is 0. The van der Waals surface area contributed by atoms with E-state index in [0.717, 1.165) is 13.0 Å². The van der Waals surface area contributed by atoms with Crippen LogP contribution in [0, 0.1) is 0 Å². The highest BCUT2D eigenvalue weighted by Gasteiger charge is 1.98. The van der Waals surface area contributed by atoms with Gasteiger partial charge in [-0.25, -0.2) is 0 Å². The maximum absolute atomic E-state index is 5.47. The van der Waals surface area contributed by atoms with Crippen molar-refractivity contribution in [3.8, 4) is 0 Å². The lowest BCUT2D eigenvalue weighted by molar-refractivity contribution is 0.989. The van der Waals surface area contributed by atoms with Crippen LogP contribution in [0.3, 0.4) is 0 Å². The van der Waals surface area contributed by atoms with Crippen LogP contribution < -0.4 is 5.73 Å². The molecule has 0 aliphatic heterocycles. The molecule has 1 aromatic heterocycles. The Hall–Kier alpha value is 0.01000. The van der Waals surface area contributed by atoms with E-state index in [4.69, 9.17) is 5.73 Å². The van der Waals surface area contributed by atoms with Gasteiger partial charge >= 0.3 is 0 Å². The fraction of sp³-hybridized carbons (Fsp3) is 0.556. The predicted octanol–water partition coefficient (Wildman–Crippen LogP) is 2.75. The lowest BCUT2D eigenvalue weighted by Gasteiger charge is -1.92. The third-order valence-electron chi connectivity index (χ3n) is 1.48. The molecule has 1 nitrogen and oxygen atoms in total. The molecule has 0 aromatic carbocycles. The molecule has 0 radical (unpaired) electrons. The minimum absolute atomic E-state index is 0.762. The molecule has 2 N–H and O–H groups in total. The van der Waals surface area contributed by atoms with Crippen molar-refractivity contribution < 1.29 is 0 Å². The Morgan fingerprint density at radius 1 is 1.50 bits per heavy atom. The maximum Gasteiger partial charge on any atom is 0.0601 e. The summed E-state index contributed by atoms with van der Waals surface area (Å²) in [6, 6.07) is 4.39. The molecule has 0 bridgehead atoms. The number of thiophene rings is 1. The highest BCUT2D eigenvalue weighted by Crippen LogP contribution is 2.27. The molecular weight excluding hydrogens is 186 g/mol. The summed E-state index contributed by atoms with van der Waals surface area (Å²) >= 11 is 3.83. The molecule has 0 aliphatic carbocycles. The van der Waals surface area contributed by atoms with Crippen molar-refractivity contribution in [2.24, 2.45) is 5.73 Å². The number of rotatable bonds is 5. The molecular formula is C9H15NS2. The Morgan fingerprint density at radius 2 is 2.33 bits per heavy atom. The second-order valence-electron chi connectivity index (χ2n) is 2.61. The van der Waals surface area contributed by atoms with Gasteiger partial charge in [-0.3, -0.25) is 0 Å². The Balaban J connectivity index is 2.41. The zero-order valence-electron chi connectivity index (χ0n) is 7.38. The second kappa shape index (κ2) is 5.62. The number of thioether (sulfide) groups is 1. The van der Waals surface area contributed by atoms with Gasteiger partial charge in [-0.15, -0.1) is 23.1 Å². The molecule has 1 rings (SSSR count). The quantitative estimate of drug-likeness (QED) is 0.741. The molecule has 1 heterocycles. The van der Waals surface area contributed by atoms with Crippen LogP contribution in [0.25, 0.3) is 0 Å². The fourth-order valence-corrected chi connectivity index (χ4v) is 3.04. The van der Waals surface area contributed by atoms with Crippen molar-refractivity contribution in [1.82, 2.24) is 0 Å². The average Bonchev–Trinajstić information content (AvgIpc) is 2.50. The Kier molecular flexibility index (Phi) is 4.73. The Labute approximate surface area is 82.4 Å². The van der Waals surface area contributed by atoms with Crippen LogP contribution in [0.1, 0.15) is 18.2 Å². The van der Waals surface area contributed by atoms with Crippen molar-refractivity contribution in [3.63, 3.8) is 0 Å². The molecule has 0 atom stereocenters. The highest BCUT2D eigenvalue weighted by atomic mass is 32.2. The van der Waals surface area contributed by atoms with E-state index < -0.39 is 0 Å². The van der Waals surface area contributed by atoms with E-state index in [1.807, 2.05) is 23.1 Å². The first kappa shape index (κ1) is 10.1. The molecule has 0 saturated heterocycles. The first-order valence-electron chi connectivity index (χ1n) is 4.28. The van der Waals surface area contributed by atoms with E-state index in [1.165, 1.54) is 21.3 Å². The monoisotopic (exact) mass is 201 g/mol. The predicted molar refractivity (Wildman–Crippen MR) is 58.1 cm³/mol. The van der Waals surface area contributed by atoms with Gasteiger partial charge in [0, 0.05) is 4.88 Å². The van der Waals surface area contributed by atoms with Gasteiger partial charge in [0.25, 0.3) is 0 Å². The van der Waals surface area contributed by atoms with E-state index in [2.05, 4.69) is 19.1 Å². The number of hydrogen-bond acceptors (Lipinski definition) is 3. The SMILES string of the molecule is CCCSc1ccc(CCN)s1. The van der Waals surface area contributed by atoms with E-state index in [9.17, 15) is 0 Å². The van der Waals surface area contributed by atoms with Crippen LogP contribution >= 0.6 is 23.1 Å².